The molecule has 1 amide bonds. The maximum absolute atomic E-state index is 12.3. The summed E-state index contributed by atoms with van der Waals surface area (Å²) < 4.78 is 5.95. The fourth-order valence-corrected chi connectivity index (χ4v) is 3.68. The minimum atomic E-state index is 0.100. The molecule has 0 aliphatic carbocycles. The summed E-state index contributed by atoms with van der Waals surface area (Å²) in [5.41, 5.74) is 0. The van der Waals surface area contributed by atoms with Crippen LogP contribution < -0.4 is 0 Å². The lowest BCUT2D eigenvalue weighted by atomic mass is 9.93. The minimum Gasteiger partial charge on any atom is -0.375 e. The first kappa shape index (κ1) is 14.8. The van der Waals surface area contributed by atoms with Gasteiger partial charge in [-0.2, -0.15) is 0 Å². The van der Waals surface area contributed by atoms with Crippen molar-refractivity contribution in [3.63, 3.8) is 0 Å². The standard InChI is InChI=1S/C16H22N2O2S/c1-17-8-9-20-15-12-18(7-6-13(15)11-17)16(19)5-4-14-3-2-10-21-14/h2-5,10,13,15H,6-9,11-12H2,1H3/b5-4+/t13-,15-/m1/s1. The Bertz CT molecular complexity index is 500. The van der Waals surface area contributed by atoms with Crippen LogP contribution in [0.25, 0.3) is 6.08 Å². The first-order chi connectivity index (χ1) is 10.2. The van der Waals surface area contributed by atoms with E-state index in [1.54, 1.807) is 17.4 Å². The van der Waals surface area contributed by atoms with Crippen LogP contribution in [0.3, 0.4) is 0 Å². The molecule has 2 saturated heterocycles. The molecule has 5 heteroatoms. The number of carbonyl (C=O) groups is 1. The van der Waals surface area contributed by atoms with Crippen LogP contribution in [0.2, 0.25) is 0 Å². The Morgan fingerprint density at radius 2 is 2.33 bits per heavy atom. The molecule has 2 fully saturated rings. The van der Waals surface area contributed by atoms with Gasteiger partial charge in [-0.15, -0.1) is 11.3 Å². The van der Waals surface area contributed by atoms with Crippen LogP contribution in [0, 0.1) is 5.92 Å². The third-order valence-corrected chi connectivity index (χ3v) is 5.13. The van der Waals surface area contributed by atoms with E-state index in [9.17, 15) is 4.79 Å². The zero-order valence-corrected chi connectivity index (χ0v) is 13.2. The fourth-order valence-electron chi connectivity index (χ4n) is 3.06. The van der Waals surface area contributed by atoms with Gasteiger partial charge in [-0.25, -0.2) is 0 Å². The van der Waals surface area contributed by atoms with Crippen LogP contribution in [0.5, 0.6) is 0 Å². The number of fused-ring (bicyclic) bond motifs is 1. The van der Waals surface area contributed by atoms with E-state index in [1.807, 2.05) is 28.5 Å². The number of nitrogens with zero attached hydrogens (tertiary/aromatic N) is 2. The Hall–Kier alpha value is -1.17. The molecule has 21 heavy (non-hydrogen) atoms. The molecule has 0 aromatic carbocycles. The molecule has 0 saturated carbocycles. The van der Waals surface area contributed by atoms with Crippen LogP contribution in [0.1, 0.15) is 11.3 Å². The Morgan fingerprint density at radius 3 is 3.14 bits per heavy atom. The second-order valence-corrected chi connectivity index (χ2v) is 6.83. The largest absolute Gasteiger partial charge is 0.375 e. The fraction of sp³-hybridized carbons (Fsp3) is 0.562. The van der Waals surface area contributed by atoms with Crippen molar-refractivity contribution in [3.05, 3.63) is 28.5 Å². The molecule has 0 N–H and O–H groups in total. The summed E-state index contributed by atoms with van der Waals surface area (Å²) >= 11 is 1.64. The molecule has 114 valence electrons. The lowest BCUT2D eigenvalue weighted by Crippen LogP contribution is -2.48. The Labute approximate surface area is 130 Å². The van der Waals surface area contributed by atoms with E-state index in [-0.39, 0.29) is 12.0 Å². The molecule has 0 unspecified atom stereocenters. The molecule has 2 atom stereocenters. The van der Waals surface area contributed by atoms with Gasteiger partial charge in [0.05, 0.1) is 12.7 Å². The highest BCUT2D eigenvalue weighted by molar-refractivity contribution is 7.10. The van der Waals surface area contributed by atoms with Crippen molar-refractivity contribution in [2.24, 2.45) is 5.92 Å². The van der Waals surface area contributed by atoms with Crippen molar-refractivity contribution in [1.29, 1.82) is 0 Å². The van der Waals surface area contributed by atoms with Crippen molar-refractivity contribution in [3.8, 4) is 0 Å². The van der Waals surface area contributed by atoms with Crippen LogP contribution >= 0.6 is 11.3 Å². The van der Waals surface area contributed by atoms with Gasteiger partial charge in [0.15, 0.2) is 0 Å². The summed E-state index contributed by atoms with van der Waals surface area (Å²) in [5.74, 6) is 0.658. The molecule has 0 spiro atoms. The SMILES string of the molecule is CN1CCO[C@@H]2CN(C(=O)/C=C/c3cccs3)CC[C@@H]2C1. The molecule has 4 nitrogen and oxygen atoms in total. The Kier molecular flexibility index (Phi) is 4.73. The summed E-state index contributed by atoms with van der Waals surface area (Å²) in [6, 6.07) is 4.01. The predicted molar refractivity (Wildman–Crippen MR) is 85.3 cm³/mol. The van der Waals surface area contributed by atoms with Crippen LogP contribution in [0.4, 0.5) is 0 Å². The van der Waals surface area contributed by atoms with Crippen molar-refractivity contribution < 1.29 is 9.53 Å². The first-order valence-electron chi connectivity index (χ1n) is 7.53. The van der Waals surface area contributed by atoms with Gasteiger partial charge < -0.3 is 14.5 Å². The zero-order chi connectivity index (χ0) is 14.7. The summed E-state index contributed by atoms with van der Waals surface area (Å²) in [4.78, 5) is 17.7. The normalized spacial score (nSPS) is 27.6. The third-order valence-electron chi connectivity index (χ3n) is 4.29. The van der Waals surface area contributed by atoms with E-state index in [0.29, 0.717) is 5.92 Å². The number of ether oxygens (including phenoxy) is 1. The lowest BCUT2D eigenvalue weighted by molar-refractivity contribution is -0.131. The molecule has 3 rings (SSSR count). The summed E-state index contributed by atoms with van der Waals surface area (Å²) in [5, 5.41) is 2.02. The van der Waals surface area contributed by atoms with E-state index < -0.39 is 0 Å². The lowest BCUT2D eigenvalue weighted by Gasteiger charge is -2.37. The van der Waals surface area contributed by atoms with Gasteiger partial charge >= 0.3 is 0 Å². The van der Waals surface area contributed by atoms with E-state index in [1.165, 1.54) is 0 Å². The minimum absolute atomic E-state index is 0.100. The number of hydrogen-bond donors (Lipinski definition) is 0. The number of rotatable bonds is 2. The van der Waals surface area contributed by atoms with E-state index in [2.05, 4.69) is 11.9 Å². The Balaban J connectivity index is 1.59. The average Bonchev–Trinajstić information content (AvgIpc) is 2.92. The number of likely N-dealkylation sites (N-methyl/N-ethyl adjacent to an activating group) is 1. The number of likely N-dealkylation sites (tertiary alicyclic amines) is 1. The topological polar surface area (TPSA) is 32.8 Å². The smallest absolute Gasteiger partial charge is 0.246 e. The molecule has 1 aromatic heterocycles. The summed E-state index contributed by atoms with van der Waals surface area (Å²) in [7, 11) is 2.15. The van der Waals surface area contributed by atoms with E-state index in [4.69, 9.17) is 4.74 Å². The molecule has 0 radical (unpaired) electrons. The van der Waals surface area contributed by atoms with Crippen molar-refractivity contribution in [2.75, 3.05) is 39.8 Å². The predicted octanol–water partition coefficient (Wildman–Crippen LogP) is 1.94. The van der Waals surface area contributed by atoms with Gasteiger partial charge in [0.25, 0.3) is 0 Å². The van der Waals surface area contributed by atoms with Gasteiger partial charge in [0.2, 0.25) is 5.91 Å². The molecule has 3 heterocycles. The number of piperidine rings is 1. The molecule has 2 aliphatic heterocycles. The average molecular weight is 306 g/mol. The summed E-state index contributed by atoms with van der Waals surface area (Å²) in [6.07, 6.45) is 4.83. The molecular formula is C16H22N2O2S. The van der Waals surface area contributed by atoms with Gasteiger partial charge in [0, 0.05) is 43.1 Å². The molecule has 2 aliphatic rings. The zero-order valence-electron chi connectivity index (χ0n) is 12.4. The quantitative estimate of drug-likeness (QED) is 0.783. The van der Waals surface area contributed by atoms with Crippen molar-refractivity contribution >= 4 is 23.3 Å². The number of hydrogen-bond acceptors (Lipinski definition) is 4. The third kappa shape index (κ3) is 3.73. The van der Waals surface area contributed by atoms with Crippen LogP contribution in [-0.2, 0) is 9.53 Å². The summed E-state index contributed by atoms with van der Waals surface area (Å²) in [6.45, 7) is 4.40. The van der Waals surface area contributed by atoms with Gasteiger partial charge in [-0.05, 0) is 31.0 Å². The maximum Gasteiger partial charge on any atom is 0.246 e. The van der Waals surface area contributed by atoms with Crippen molar-refractivity contribution in [1.82, 2.24) is 9.80 Å². The second kappa shape index (κ2) is 6.73. The van der Waals surface area contributed by atoms with Crippen molar-refractivity contribution in [2.45, 2.75) is 12.5 Å². The second-order valence-electron chi connectivity index (χ2n) is 5.85. The molecule has 0 bridgehead atoms. The van der Waals surface area contributed by atoms with E-state index >= 15 is 0 Å². The molecular weight excluding hydrogens is 284 g/mol. The number of amides is 1. The number of thiophene rings is 1. The van der Waals surface area contributed by atoms with Gasteiger partial charge in [-0.1, -0.05) is 6.07 Å². The monoisotopic (exact) mass is 306 g/mol. The number of carbonyl (C=O) groups excluding carboxylic acids is 1. The molecule has 1 aromatic rings. The first-order valence-corrected chi connectivity index (χ1v) is 8.41. The van der Waals surface area contributed by atoms with Crippen LogP contribution in [0.15, 0.2) is 23.6 Å². The van der Waals surface area contributed by atoms with Gasteiger partial charge in [-0.3, -0.25) is 4.79 Å². The maximum atomic E-state index is 12.3. The van der Waals surface area contributed by atoms with E-state index in [0.717, 1.165) is 44.1 Å². The van der Waals surface area contributed by atoms with Crippen LogP contribution in [-0.4, -0.2) is 61.6 Å². The highest BCUT2D eigenvalue weighted by Crippen LogP contribution is 2.24. The highest BCUT2D eigenvalue weighted by Gasteiger charge is 2.33. The Morgan fingerprint density at radius 1 is 1.43 bits per heavy atom. The van der Waals surface area contributed by atoms with Gasteiger partial charge in [0.1, 0.15) is 0 Å². The highest BCUT2D eigenvalue weighted by atomic mass is 32.1.